The second kappa shape index (κ2) is 6.83. The van der Waals surface area contributed by atoms with Crippen molar-refractivity contribution in [2.24, 2.45) is 5.41 Å². The van der Waals surface area contributed by atoms with Gasteiger partial charge in [-0.1, -0.05) is 38.4 Å². The monoisotopic (exact) mass is 334 g/mol. The third-order valence-electron chi connectivity index (χ3n) is 3.14. The summed E-state index contributed by atoms with van der Waals surface area (Å²) in [4.78, 5) is 28.0. The molecule has 0 atom stereocenters. The fourth-order valence-electron chi connectivity index (χ4n) is 1.81. The van der Waals surface area contributed by atoms with Crippen LogP contribution < -0.4 is 10.7 Å². The summed E-state index contributed by atoms with van der Waals surface area (Å²) < 4.78 is 1.44. The van der Waals surface area contributed by atoms with Gasteiger partial charge >= 0.3 is 0 Å². The lowest BCUT2D eigenvalue weighted by molar-refractivity contribution is -0.128. The molecule has 2 amide bonds. The minimum atomic E-state index is -0.464. The fourth-order valence-corrected chi connectivity index (χ4v) is 2.01. The van der Waals surface area contributed by atoms with E-state index in [4.69, 9.17) is 11.6 Å². The summed E-state index contributed by atoms with van der Waals surface area (Å²) in [6, 6.07) is 5.08. The number of hydrogen-bond acceptors (Lipinski definition) is 3. The molecule has 2 rings (SSSR count). The molecular weight excluding hydrogens is 316 g/mol. The van der Waals surface area contributed by atoms with E-state index in [9.17, 15) is 9.59 Å². The Kier molecular flexibility index (Phi) is 5.05. The minimum absolute atomic E-state index is 0.0585. The van der Waals surface area contributed by atoms with Crippen LogP contribution in [0.1, 0.15) is 36.7 Å². The Bertz CT molecular complexity index is 705. The molecule has 2 aromatic rings. The van der Waals surface area contributed by atoms with Crippen molar-refractivity contribution < 1.29 is 9.59 Å². The van der Waals surface area contributed by atoms with Gasteiger partial charge in [0.1, 0.15) is 6.33 Å². The number of carbonyl (C=O) groups excluding carboxylic acids is 2. The van der Waals surface area contributed by atoms with E-state index in [0.29, 0.717) is 17.1 Å². The summed E-state index contributed by atoms with van der Waals surface area (Å²) in [5.41, 5.74) is 3.30. The molecule has 1 aromatic heterocycles. The zero-order valence-electron chi connectivity index (χ0n) is 13.3. The molecule has 2 N–H and O–H groups in total. The Morgan fingerprint density at radius 3 is 2.65 bits per heavy atom. The number of carbonyl (C=O) groups is 2. The van der Waals surface area contributed by atoms with E-state index in [1.54, 1.807) is 30.6 Å². The number of amides is 2. The summed E-state index contributed by atoms with van der Waals surface area (Å²) in [5, 5.41) is 3.18. The van der Waals surface area contributed by atoms with E-state index < -0.39 is 5.41 Å². The van der Waals surface area contributed by atoms with Crippen LogP contribution in [0.15, 0.2) is 36.9 Å². The highest BCUT2D eigenvalue weighted by molar-refractivity contribution is 6.34. The Morgan fingerprint density at radius 2 is 2.04 bits per heavy atom. The average molecular weight is 335 g/mol. The van der Waals surface area contributed by atoms with Crippen LogP contribution in [-0.4, -0.2) is 21.5 Å². The number of hydrogen-bond donors (Lipinski definition) is 2. The molecule has 0 saturated carbocycles. The first-order valence-electron chi connectivity index (χ1n) is 7.13. The van der Waals surface area contributed by atoms with Crippen molar-refractivity contribution in [3.05, 3.63) is 53.1 Å². The normalized spacial score (nSPS) is 11.1. The summed E-state index contributed by atoms with van der Waals surface area (Å²) in [6.07, 6.45) is 4.64. The SMILES string of the molecule is CC(C)(C)C(=O)NCc1ccc(Cl)c(C(=O)Nn2ccnc2)c1. The number of nitrogens with one attached hydrogen (secondary N) is 2. The molecule has 7 heteroatoms. The molecule has 0 bridgehead atoms. The van der Waals surface area contributed by atoms with Crippen molar-refractivity contribution in [1.29, 1.82) is 0 Å². The quantitative estimate of drug-likeness (QED) is 0.902. The molecule has 0 unspecified atom stereocenters. The highest BCUT2D eigenvalue weighted by atomic mass is 35.5. The van der Waals surface area contributed by atoms with Gasteiger partial charge in [-0.2, -0.15) is 0 Å². The number of imidazole rings is 1. The van der Waals surface area contributed by atoms with Crippen LogP contribution in [0.4, 0.5) is 0 Å². The Balaban J connectivity index is 2.09. The Morgan fingerprint density at radius 1 is 1.30 bits per heavy atom. The van der Waals surface area contributed by atoms with Gasteiger partial charge in [-0.15, -0.1) is 0 Å². The molecule has 1 aromatic carbocycles. The van der Waals surface area contributed by atoms with Gasteiger partial charge in [-0.3, -0.25) is 15.0 Å². The average Bonchev–Trinajstić information content (AvgIpc) is 2.97. The topological polar surface area (TPSA) is 76.0 Å². The van der Waals surface area contributed by atoms with Crippen LogP contribution in [0.25, 0.3) is 0 Å². The van der Waals surface area contributed by atoms with Crippen molar-refractivity contribution in [2.75, 3.05) is 5.43 Å². The molecule has 0 radical (unpaired) electrons. The number of halogens is 1. The molecule has 0 aliphatic rings. The zero-order valence-corrected chi connectivity index (χ0v) is 14.0. The third-order valence-corrected chi connectivity index (χ3v) is 3.47. The molecule has 6 nitrogen and oxygen atoms in total. The smallest absolute Gasteiger partial charge is 0.271 e. The van der Waals surface area contributed by atoms with Crippen LogP contribution in [0.2, 0.25) is 5.02 Å². The summed E-state index contributed by atoms with van der Waals surface area (Å²) in [5.74, 6) is -0.408. The summed E-state index contributed by atoms with van der Waals surface area (Å²) >= 11 is 6.09. The summed E-state index contributed by atoms with van der Waals surface area (Å²) in [7, 11) is 0. The van der Waals surface area contributed by atoms with Gasteiger partial charge in [0.05, 0.1) is 10.6 Å². The molecule has 0 aliphatic heterocycles. The van der Waals surface area contributed by atoms with Gasteiger partial charge in [-0.25, -0.2) is 9.66 Å². The number of benzene rings is 1. The maximum absolute atomic E-state index is 12.3. The number of aromatic nitrogens is 2. The van der Waals surface area contributed by atoms with Crippen LogP contribution in [-0.2, 0) is 11.3 Å². The lowest BCUT2D eigenvalue weighted by Gasteiger charge is -2.18. The first-order chi connectivity index (χ1) is 10.8. The van der Waals surface area contributed by atoms with Crippen molar-refractivity contribution in [3.8, 4) is 0 Å². The maximum atomic E-state index is 12.3. The predicted octanol–water partition coefficient (Wildman–Crippen LogP) is 2.58. The second-order valence-corrected chi connectivity index (χ2v) is 6.56. The van der Waals surface area contributed by atoms with E-state index in [-0.39, 0.29) is 11.8 Å². The van der Waals surface area contributed by atoms with Gasteiger partial charge in [0.15, 0.2) is 0 Å². The first-order valence-corrected chi connectivity index (χ1v) is 7.51. The van der Waals surface area contributed by atoms with Crippen LogP contribution >= 0.6 is 11.6 Å². The fraction of sp³-hybridized carbons (Fsp3) is 0.312. The van der Waals surface area contributed by atoms with Gasteiger partial charge in [0, 0.05) is 24.4 Å². The zero-order chi connectivity index (χ0) is 17.0. The largest absolute Gasteiger partial charge is 0.352 e. The molecule has 0 aliphatic carbocycles. The van der Waals surface area contributed by atoms with E-state index >= 15 is 0 Å². The Hall–Kier alpha value is -2.34. The highest BCUT2D eigenvalue weighted by Crippen LogP contribution is 2.19. The minimum Gasteiger partial charge on any atom is -0.352 e. The van der Waals surface area contributed by atoms with Gasteiger partial charge in [0.2, 0.25) is 5.91 Å². The standard InChI is InChI=1S/C16H19ClN4O2/c1-16(2,3)15(23)19-9-11-4-5-13(17)12(8-11)14(22)20-21-7-6-18-10-21/h4-8,10H,9H2,1-3H3,(H,19,23)(H,20,22). The lowest BCUT2D eigenvalue weighted by atomic mass is 9.95. The number of rotatable bonds is 4. The van der Waals surface area contributed by atoms with Crippen molar-refractivity contribution in [1.82, 2.24) is 15.0 Å². The van der Waals surface area contributed by atoms with Crippen LogP contribution in [0.5, 0.6) is 0 Å². The van der Waals surface area contributed by atoms with Crippen molar-refractivity contribution >= 4 is 23.4 Å². The molecular formula is C16H19ClN4O2. The van der Waals surface area contributed by atoms with Gasteiger partial charge < -0.3 is 5.32 Å². The van der Waals surface area contributed by atoms with Crippen LogP contribution in [0, 0.1) is 5.41 Å². The molecule has 1 heterocycles. The second-order valence-electron chi connectivity index (χ2n) is 6.16. The molecule has 0 spiro atoms. The van der Waals surface area contributed by atoms with E-state index in [1.165, 1.54) is 11.0 Å². The molecule has 23 heavy (non-hydrogen) atoms. The van der Waals surface area contributed by atoms with E-state index in [1.807, 2.05) is 20.8 Å². The maximum Gasteiger partial charge on any atom is 0.271 e. The van der Waals surface area contributed by atoms with Gasteiger partial charge in [0.25, 0.3) is 5.91 Å². The number of nitrogens with zero attached hydrogens (tertiary/aromatic N) is 2. The van der Waals surface area contributed by atoms with Crippen LogP contribution in [0.3, 0.4) is 0 Å². The first kappa shape index (κ1) is 17.0. The van der Waals surface area contributed by atoms with E-state index in [0.717, 1.165) is 5.56 Å². The van der Waals surface area contributed by atoms with Crippen molar-refractivity contribution in [3.63, 3.8) is 0 Å². The summed E-state index contributed by atoms with van der Waals surface area (Å²) in [6.45, 7) is 5.86. The molecule has 0 fully saturated rings. The lowest BCUT2D eigenvalue weighted by Crippen LogP contribution is -2.34. The third kappa shape index (κ3) is 4.56. The molecule has 0 saturated heterocycles. The van der Waals surface area contributed by atoms with Crippen molar-refractivity contribution in [2.45, 2.75) is 27.3 Å². The van der Waals surface area contributed by atoms with Gasteiger partial charge in [-0.05, 0) is 17.7 Å². The van der Waals surface area contributed by atoms with E-state index in [2.05, 4.69) is 15.7 Å². The molecule has 122 valence electrons. The highest BCUT2D eigenvalue weighted by Gasteiger charge is 2.20. The predicted molar refractivity (Wildman–Crippen MR) is 88.7 cm³/mol. The Labute approximate surface area is 139 Å².